The molecule has 0 aromatic rings. The minimum absolute atomic E-state index is 0.403. The lowest BCUT2D eigenvalue weighted by molar-refractivity contribution is -0.0876. The first kappa shape index (κ1) is 10.3. The zero-order valence-electron chi connectivity index (χ0n) is 9.06. The van der Waals surface area contributed by atoms with Crippen LogP contribution in [0.4, 0.5) is 0 Å². The van der Waals surface area contributed by atoms with Crippen molar-refractivity contribution in [3.8, 4) is 0 Å². The topological polar surface area (TPSA) is 57.2 Å². The van der Waals surface area contributed by atoms with Crippen molar-refractivity contribution in [1.82, 2.24) is 9.91 Å². The van der Waals surface area contributed by atoms with Gasteiger partial charge in [-0.1, -0.05) is 6.58 Å². The van der Waals surface area contributed by atoms with Crippen molar-refractivity contribution in [2.45, 2.75) is 6.92 Å². The molecule has 0 aromatic heterocycles. The number of hydrogen-bond donors (Lipinski definition) is 1. The highest BCUT2D eigenvalue weighted by Crippen LogP contribution is 2.38. The molecule has 0 bridgehead atoms. The van der Waals surface area contributed by atoms with E-state index in [4.69, 9.17) is 5.84 Å². The van der Waals surface area contributed by atoms with Crippen molar-refractivity contribution < 1.29 is 0 Å². The predicted octanol–water partition coefficient (Wildman–Crippen LogP) is 0.0679. The minimum atomic E-state index is 0.403. The summed E-state index contributed by atoms with van der Waals surface area (Å²) in [5.41, 5.74) is 0.403. The van der Waals surface area contributed by atoms with Crippen LogP contribution in [0.25, 0.3) is 0 Å². The van der Waals surface area contributed by atoms with Crippen LogP contribution in [-0.4, -0.2) is 48.3 Å². The van der Waals surface area contributed by atoms with E-state index in [0.29, 0.717) is 5.41 Å². The van der Waals surface area contributed by atoms with Gasteiger partial charge in [0.1, 0.15) is 0 Å². The van der Waals surface area contributed by atoms with E-state index in [9.17, 15) is 0 Å². The molecule has 5 heteroatoms. The summed E-state index contributed by atoms with van der Waals surface area (Å²) in [6.07, 6.45) is 3.28. The molecular formula is C10H17N5. The van der Waals surface area contributed by atoms with Gasteiger partial charge in [0.05, 0.1) is 0 Å². The number of rotatable bonds is 1. The summed E-state index contributed by atoms with van der Waals surface area (Å²) in [7, 11) is 0. The van der Waals surface area contributed by atoms with E-state index in [1.165, 1.54) is 6.20 Å². The molecule has 0 aliphatic carbocycles. The van der Waals surface area contributed by atoms with Crippen molar-refractivity contribution in [2.24, 2.45) is 21.2 Å². The highest BCUT2D eigenvalue weighted by molar-refractivity contribution is 5.88. The molecular weight excluding hydrogens is 190 g/mol. The fourth-order valence-corrected chi connectivity index (χ4v) is 2.31. The predicted molar refractivity (Wildman–Crippen MR) is 61.6 cm³/mol. The third-order valence-corrected chi connectivity index (χ3v) is 2.86. The largest absolute Gasteiger partial charge is 0.339 e. The molecule has 1 spiro atoms. The number of hydrazine groups is 1. The summed E-state index contributed by atoms with van der Waals surface area (Å²) in [4.78, 5) is 10.5. The van der Waals surface area contributed by atoms with Crippen LogP contribution in [0.15, 0.2) is 22.8 Å². The Morgan fingerprint density at radius 2 is 2.07 bits per heavy atom. The Kier molecular flexibility index (Phi) is 2.58. The van der Waals surface area contributed by atoms with Crippen molar-refractivity contribution in [3.05, 3.63) is 12.8 Å². The molecule has 15 heavy (non-hydrogen) atoms. The quantitative estimate of drug-likeness (QED) is 0.376. The van der Waals surface area contributed by atoms with E-state index in [-0.39, 0.29) is 0 Å². The number of nitrogens with zero attached hydrogens (tertiary/aromatic N) is 4. The smallest absolute Gasteiger partial charge is 0.224 e. The van der Waals surface area contributed by atoms with Crippen LogP contribution in [0.1, 0.15) is 6.92 Å². The molecule has 2 fully saturated rings. The summed E-state index contributed by atoms with van der Waals surface area (Å²) in [5, 5.41) is 1.85. The lowest BCUT2D eigenvalue weighted by atomic mass is 9.74. The van der Waals surface area contributed by atoms with Crippen LogP contribution < -0.4 is 5.84 Å². The van der Waals surface area contributed by atoms with Crippen LogP contribution in [0, 0.1) is 5.41 Å². The molecule has 0 atom stereocenters. The van der Waals surface area contributed by atoms with E-state index in [0.717, 1.165) is 32.1 Å². The standard InChI is InChI=1S/C10H17N5/c1-3-12-9(13-4-2)14-5-10(6-14)7-15(11)8-10/h3-4H,1,5-8,11H2,2H3. The first-order valence-corrected chi connectivity index (χ1v) is 5.11. The zero-order chi connectivity index (χ0) is 10.9. The van der Waals surface area contributed by atoms with Crippen molar-refractivity contribution in [3.63, 3.8) is 0 Å². The summed E-state index contributed by atoms with van der Waals surface area (Å²) in [5.74, 6) is 6.40. The van der Waals surface area contributed by atoms with Gasteiger partial charge in [-0.2, -0.15) is 0 Å². The molecule has 2 aliphatic rings. The van der Waals surface area contributed by atoms with Gasteiger partial charge >= 0.3 is 0 Å². The summed E-state index contributed by atoms with van der Waals surface area (Å²) in [6.45, 7) is 9.46. The summed E-state index contributed by atoms with van der Waals surface area (Å²) >= 11 is 0. The highest BCUT2D eigenvalue weighted by atomic mass is 15.5. The molecule has 2 aliphatic heterocycles. The summed E-state index contributed by atoms with van der Waals surface area (Å²) < 4.78 is 0. The van der Waals surface area contributed by atoms with Crippen LogP contribution in [0.3, 0.4) is 0 Å². The van der Waals surface area contributed by atoms with Crippen LogP contribution in [-0.2, 0) is 0 Å². The second kappa shape index (κ2) is 3.75. The normalized spacial score (nSPS) is 25.5. The maximum atomic E-state index is 5.64. The lowest BCUT2D eigenvalue weighted by Gasteiger charge is -2.59. The number of nitrogens with two attached hydrogens (primary N) is 1. The van der Waals surface area contributed by atoms with Crippen molar-refractivity contribution in [1.29, 1.82) is 0 Å². The fraction of sp³-hybridized carbons (Fsp3) is 0.600. The van der Waals surface area contributed by atoms with Gasteiger partial charge in [0, 0.05) is 44.0 Å². The van der Waals surface area contributed by atoms with Gasteiger partial charge in [-0.05, 0) is 6.92 Å². The second-order valence-electron chi connectivity index (χ2n) is 4.26. The van der Waals surface area contributed by atoms with Crippen molar-refractivity contribution >= 4 is 12.2 Å². The SMILES string of the molecule is C=CN=C(N=CC)N1CC2(CN(N)C2)C1. The molecule has 2 N–H and O–H groups in total. The number of likely N-dealkylation sites (tertiary alicyclic amines) is 1. The minimum Gasteiger partial charge on any atom is -0.339 e. The van der Waals surface area contributed by atoms with Gasteiger partial charge in [0.2, 0.25) is 5.96 Å². The number of aliphatic imine (C=N–C) groups is 2. The monoisotopic (exact) mass is 207 g/mol. The van der Waals surface area contributed by atoms with E-state index < -0.39 is 0 Å². The third kappa shape index (κ3) is 1.80. The van der Waals surface area contributed by atoms with E-state index >= 15 is 0 Å². The van der Waals surface area contributed by atoms with E-state index in [1.54, 1.807) is 6.21 Å². The fourth-order valence-electron chi connectivity index (χ4n) is 2.31. The molecule has 0 amide bonds. The van der Waals surface area contributed by atoms with Gasteiger partial charge in [0.15, 0.2) is 0 Å². The molecule has 0 saturated carbocycles. The van der Waals surface area contributed by atoms with Crippen LogP contribution in [0.2, 0.25) is 0 Å². The molecule has 82 valence electrons. The Morgan fingerprint density at radius 3 is 2.53 bits per heavy atom. The van der Waals surface area contributed by atoms with Crippen molar-refractivity contribution in [2.75, 3.05) is 26.2 Å². The first-order valence-electron chi connectivity index (χ1n) is 5.11. The Balaban J connectivity index is 1.92. The van der Waals surface area contributed by atoms with Gasteiger partial charge in [-0.25, -0.2) is 15.0 Å². The van der Waals surface area contributed by atoms with Crippen LogP contribution in [0.5, 0.6) is 0 Å². The average molecular weight is 207 g/mol. The lowest BCUT2D eigenvalue weighted by Crippen LogP contribution is -2.74. The Morgan fingerprint density at radius 1 is 1.40 bits per heavy atom. The van der Waals surface area contributed by atoms with Crippen LogP contribution >= 0.6 is 0 Å². The number of hydrogen-bond acceptors (Lipinski definition) is 3. The van der Waals surface area contributed by atoms with Gasteiger partial charge in [-0.15, -0.1) is 0 Å². The first-order chi connectivity index (χ1) is 7.19. The van der Waals surface area contributed by atoms with Gasteiger partial charge in [-0.3, -0.25) is 5.84 Å². The van der Waals surface area contributed by atoms with Gasteiger partial charge < -0.3 is 4.90 Å². The molecule has 2 rings (SSSR count). The second-order valence-corrected chi connectivity index (χ2v) is 4.26. The average Bonchev–Trinajstić information content (AvgIpc) is 2.09. The zero-order valence-corrected chi connectivity index (χ0v) is 9.06. The Bertz CT molecular complexity index is 306. The maximum Gasteiger partial charge on any atom is 0.224 e. The Hall–Kier alpha value is -1.20. The Labute approximate surface area is 89.9 Å². The number of guanidine groups is 1. The third-order valence-electron chi connectivity index (χ3n) is 2.86. The van der Waals surface area contributed by atoms with E-state index in [1.807, 2.05) is 11.9 Å². The highest BCUT2D eigenvalue weighted by Gasteiger charge is 2.51. The summed E-state index contributed by atoms with van der Waals surface area (Å²) in [6, 6.07) is 0. The molecule has 2 heterocycles. The van der Waals surface area contributed by atoms with E-state index in [2.05, 4.69) is 21.5 Å². The molecule has 0 aromatic carbocycles. The molecule has 0 radical (unpaired) electrons. The molecule has 5 nitrogen and oxygen atoms in total. The van der Waals surface area contributed by atoms with Gasteiger partial charge in [0.25, 0.3) is 0 Å². The molecule has 0 unspecified atom stereocenters. The molecule has 2 saturated heterocycles. The maximum absolute atomic E-state index is 5.64.